The largest absolute Gasteiger partial charge is 0.500 e. The van der Waals surface area contributed by atoms with Gasteiger partial charge in [-0.05, 0) is 25.0 Å². The third-order valence-electron chi connectivity index (χ3n) is 2.74. The zero-order valence-corrected chi connectivity index (χ0v) is 12.5. The summed E-state index contributed by atoms with van der Waals surface area (Å²) >= 11 is 4.17. The van der Waals surface area contributed by atoms with Crippen molar-refractivity contribution in [2.45, 2.75) is 37.8 Å². The molecule has 2 N–H and O–H groups in total. The first-order valence-corrected chi connectivity index (χ1v) is 8.22. The minimum Gasteiger partial charge on any atom is -0.377 e. The van der Waals surface area contributed by atoms with E-state index in [-0.39, 0.29) is 6.04 Å². The Balaban J connectivity index is 3.82. The highest BCUT2D eigenvalue weighted by molar-refractivity contribution is 7.80. The normalized spacial score (nSPS) is 14.1. The minimum atomic E-state index is -2.42. The summed E-state index contributed by atoms with van der Waals surface area (Å²) in [4.78, 5) is 0. The van der Waals surface area contributed by atoms with E-state index in [1.807, 2.05) is 0 Å². The second-order valence-corrected chi connectivity index (χ2v) is 7.35. The SMILES string of the molecule is CO[Si](CCC(N)CCCCS)(OC)OC. The molecule has 0 saturated carbocycles. The van der Waals surface area contributed by atoms with Crippen molar-refractivity contribution in [1.82, 2.24) is 0 Å². The summed E-state index contributed by atoms with van der Waals surface area (Å²) in [5, 5.41) is 0. The van der Waals surface area contributed by atoms with Crippen LogP contribution in [0.1, 0.15) is 25.7 Å². The fourth-order valence-corrected chi connectivity index (χ4v) is 3.64. The maximum Gasteiger partial charge on any atom is 0.500 e. The third kappa shape index (κ3) is 6.22. The Bertz CT molecular complexity index is 162. The lowest BCUT2D eigenvalue weighted by Crippen LogP contribution is -2.43. The molecule has 0 rings (SSSR count). The monoisotopic (exact) mass is 267 g/mol. The highest BCUT2D eigenvalue weighted by atomic mass is 32.1. The Morgan fingerprint density at radius 1 is 1.06 bits per heavy atom. The van der Waals surface area contributed by atoms with Gasteiger partial charge in [-0.1, -0.05) is 6.42 Å². The van der Waals surface area contributed by atoms with Crippen LogP contribution in [0.2, 0.25) is 6.04 Å². The molecule has 16 heavy (non-hydrogen) atoms. The van der Waals surface area contributed by atoms with Crippen molar-refractivity contribution in [3.05, 3.63) is 0 Å². The third-order valence-corrected chi connectivity index (χ3v) is 5.82. The van der Waals surface area contributed by atoms with Crippen LogP contribution in [0.5, 0.6) is 0 Å². The molecule has 0 amide bonds. The van der Waals surface area contributed by atoms with E-state index in [0.29, 0.717) is 0 Å². The molecule has 98 valence electrons. The van der Waals surface area contributed by atoms with Crippen LogP contribution in [-0.4, -0.2) is 41.9 Å². The quantitative estimate of drug-likeness (QED) is 0.359. The molecule has 0 aliphatic rings. The number of rotatable bonds is 10. The predicted molar refractivity (Wildman–Crippen MR) is 71.9 cm³/mol. The van der Waals surface area contributed by atoms with Gasteiger partial charge in [0.2, 0.25) is 0 Å². The molecule has 0 heterocycles. The molecule has 0 spiro atoms. The van der Waals surface area contributed by atoms with Crippen LogP contribution in [0.3, 0.4) is 0 Å². The molecule has 0 aromatic carbocycles. The standard InChI is InChI=1S/C10H25NO3SSi/c1-12-16(13-2,14-3)9-7-10(11)6-4-5-8-15/h10,15H,4-9,11H2,1-3H3. The van der Waals surface area contributed by atoms with E-state index in [2.05, 4.69) is 12.6 Å². The molecule has 0 fully saturated rings. The van der Waals surface area contributed by atoms with Crippen LogP contribution in [0.15, 0.2) is 0 Å². The fourth-order valence-electron chi connectivity index (χ4n) is 1.58. The van der Waals surface area contributed by atoms with Crippen molar-refractivity contribution in [3.8, 4) is 0 Å². The van der Waals surface area contributed by atoms with Crippen LogP contribution in [-0.2, 0) is 13.3 Å². The number of thiol groups is 1. The Morgan fingerprint density at radius 2 is 1.62 bits per heavy atom. The first kappa shape index (κ1) is 16.4. The van der Waals surface area contributed by atoms with Crippen molar-refractivity contribution in [2.75, 3.05) is 27.1 Å². The summed E-state index contributed by atoms with van der Waals surface area (Å²) in [6.07, 6.45) is 4.17. The first-order valence-electron chi connectivity index (χ1n) is 5.66. The highest BCUT2D eigenvalue weighted by Gasteiger charge is 2.37. The summed E-state index contributed by atoms with van der Waals surface area (Å²) in [7, 11) is 2.47. The van der Waals surface area contributed by atoms with Crippen molar-refractivity contribution < 1.29 is 13.3 Å². The van der Waals surface area contributed by atoms with Crippen LogP contribution >= 0.6 is 12.6 Å². The van der Waals surface area contributed by atoms with Gasteiger partial charge in [0.05, 0.1) is 0 Å². The molecule has 0 aromatic heterocycles. The maximum absolute atomic E-state index is 6.02. The lowest BCUT2D eigenvalue weighted by molar-refractivity contribution is 0.122. The van der Waals surface area contributed by atoms with E-state index in [1.165, 1.54) is 0 Å². The van der Waals surface area contributed by atoms with E-state index >= 15 is 0 Å². The van der Waals surface area contributed by atoms with Crippen LogP contribution in [0.4, 0.5) is 0 Å². The Hall–Kier alpha value is 0.407. The summed E-state index contributed by atoms with van der Waals surface area (Å²) < 4.78 is 16.0. The lowest BCUT2D eigenvalue weighted by atomic mass is 10.1. The van der Waals surface area contributed by atoms with E-state index in [4.69, 9.17) is 19.0 Å². The number of unbranched alkanes of at least 4 members (excludes halogenated alkanes) is 1. The summed E-state index contributed by atoms with van der Waals surface area (Å²) in [6, 6.07) is 0.977. The second-order valence-electron chi connectivity index (χ2n) is 3.81. The van der Waals surface area contributed by atoms with E-state index < -0.39 is 8.80 Å². The second kappa shape index (κ2) is 9.44. The van der Waals surface area contributed by atoms with Gasteiger partial charge in [-0.2, -0.15) is 12.6 Å². The molecule has 0 aliphatic carbocycles. The molecule has 1 unspecified atom stereocenters. The molecule has 0 radical (unpaired) electrons. The summed E-state index contributed by atoms with van der Waals surface area (Å²) in [6.45, 7) is 0. The molecular formula is C10H25NO3SSi. The van der Waals surface area contributed by atoms with E-state index in [0.717, 1.165) is 37.5 Å². The first-order chi connectivity index (χ1) is 7.64. The van der Waals surface area contributed by atoms with Gasteiger partial charge < -0.3 is 19.0 Å². The zero-order valence-electron chi connectivity index (χ0n) is 10.6. The average molecular weight is 267 g/mol. The van der Waals surface area contributed by atoms with Crippen LogP contribution in [0, 0.1) is 0 Å². The highest BCUT2D eigenvalue weighted by Crippen LogP contribution is 2.17. The Morgan fingerprint density at radius 3 is 2.06 bits per heavy atom. The van der Waals surface area contributed by atoms with Crippen LogP contribution in [0.25, 0.3) is 0 Å². The predicted octanol–water partition coefficient (Wildman–Crippen LogP) is 1.68. The topological polar surface area (TPSA) is 53.7 Å². The number of hydrogen-bond acceptors (Lipinski definition) is 5. The number of nitrogens with two attached hydrogens (primary N) is 1. The lowest BCUT2D eigenvalue weighted by Gasteiger charge is -2.25. The van der Waals surface area contributed by atoms with Gasteiger partial charge in [-0.3, -0.25) is 0 Å². The van der Waals surface area contributed by atoms with Crippen molar-refractivity contribution in [3.63, 3.8) is 0 Å². The van der Waals surface area contributed by atoms with Gasteiger partial charge in [-0.15, -0.1) is 0 Å². The molecule has 0 aromatic rings. The van der Waals surface area contributed by atoms with Gasteiger partial charge in [0.25, 0.3) is 0 Å². The minimum absolute atomic E-state index is 0.201. The molecule has 0 saturated heterocycles. The fraction of sp³-hybridized carbons (Fsp3) is 1.00. The van der Waals surface area contributed by atoms with E-state index in [1.54, 1.807) is 21.3 Å². The molecule has 0 aliphatic heterocycles. The molecular weight excluding hydrogens is 242 g/mol. The van der Waals surface area contributed by atoms with Gasteiger partial charge in [-0.25, -0.2) is 0 Å². The van der Waals surface area contributed by atoms with Gasteiger partial charge in [0, 0.05) is 33.4 Å². The molecule has 1 atom stereocenters. The van der Waals surface area contributed by atoms with E-state index in [9.17, 15) is 0 Å². The van der Waals surface area contributed by atoms with Gasteiger partial charge in [0.15, 0.2) is 0 Å². The van der Waals surface area contributed by atoms with Crippen molar-refractivity contribution in [1.29, 1.82) is 0 Å². The van der Waals surface area contributed by atoms with Crippen molar-refractivity contribution in [2.24, 2.45) is 5.73 Å². The molecule has 0 bridgehead atoms. The Kier molecular flexibility index (Phi) is 9.68. The van der Waals surface area contributed by atoms with Crippen molar-refractivity contribution >= 4 is 21.4 Å². The summed E-state index contributed by atoms with van der Waals surface area (Å²) in [5.41, 5.74) is 6.02. The van der Waals surface area contributed by atoms with Gasteiger partial charge >= 0.3 is 8.80 Å². The van der Waals surface area contributed by atoms with Crippen LogP contribution < -0.4 is 5.73 Å². The zero-order chi connectivity index (χ0) is 12.4. The molecule has 6 heteroatoms. The smallest absolute Gasteiger partial charge is 0.377 e. The number of hydrogen-bond donors (Lipinski definition) is 2. The summed E-state index contributed by atoms with van der Waals surface area (Å²) in [5.74, 6) is 0.930. The Labute approximate surface area is 106 Å². The molecule has 4 nitrogen and oxygen atoms in total. The van der Waals surface area contributed by atoms with Gasteiger partial charge in [0.1, 0.15) is 0 Å². The maximum atomic E-state index is 6.02. The average Bonchev–Trinajstić information content (AvgIpc) is 2.32.